The Labute approximate surface area is 118 Å². The Hall–Kier alpha value is -1.49. The molecule has 0 bridgehead atoms. The van der Waals surface area contributed by atoms with Gasteiger partial charge in [-0.05, 0) is 38.8 Å². The van der Waals surface area contributed by atoms with Gasteiger partial charge in [-0.15, -0.1) is 11.3 Å². The molecule has 2 rings (SSSR count). The van der Waals surface area contributed by atoms with Gasteiger partial charge in [0.05, 0.1) is 17.4 Å². The lowest BCUT2D eigenvalue weighted by molar-refractivity contribution is 0.734. The molecule has 0 aliphatic carbocycles. The number of aryl methyl sites for hydroxylation is 4. The average Bonchev–Trinajstić information content (AvgIpc) is 2.82. The molecule has 2 aromatic rings. The van der Waals surface area contributed by atoms with Gasteiger partial charge in [-0.25, -0.2) is 0 Å². The van der Waals surface area contributed by atoms with Crippen molar-refractivity contribution in [2.24, 2.45) is 7.05 Å². The monoisotopic (exact) mass is 278 g/mol. The van der Waals surface area contributed by atoms with Crippen molar-refractivity contribution in [2.45, 2.75) is 40.2 Å². The van der Waals surface area contributed by atoms with Crippen LogP contribution in [0, 0.1) is 13.8 Å². The fourth-order valence-corrected chi connectivity index (χ4v) is 3.41. The Morgan fingerprint density at radius 1 is 1.47 bits per heavy atom. The van der Waals surface area contributed by atoms with Crippen LogP contribution in [0.1, 0.15) is 40.9 Å². The number of nitrogen functional groups attached to an aromatic ring is 1. The summed E-state index contributed by atoms with van der Waals surface area (Å²) in [6.45, 7) is 8.53. The van der Waals surface area contributed by atoms with Crippen LogP contribution in [0.4, 0.5) is 11.5 Å². The molecule has 1 atom stereocenters. The summed E-state index contributed by atoms with van der Waals surface area (Å²) in [5, 5.41) is 7.92. The normalized spacial score (nSPS) is 12.7. The highest BCUT2D eigenvalue weighted by atomic mass is 32.1. The molecule has 2 aromatic heterocycles. The van der Waals surface area contributed by atoms with Gasteiger partial charge in [-0.1, -0.05) is 6.92 Å². The Kier molecular flexibility index (Phi) is 3.85. The SMILES string of the molecule is CCc1nn(C)c(NC(C)c2cc(C)sc2C)c1N. The minimum absolute atomic E-state index is 0.229. The van der Waals surface area contributed by atoms with E-state index in [9.17, 15) is 0 Å². The number of hydrogen-bond acceptors (Lipinski definition) is 4. The van der Waals surface area contributed by atoms with E-state index in [4.69, 9.17) is 5.73 Å². The van der Waals surface area contributed by atoms with E-state index < -0.39 is 0 Å². The number of aromatic nitrogens is 2. The van der Waals surface area contributed by atoms with Crippen molar-refractivity contribution >= 4 is 22.8 Å². The molecule has 0 saturated carbocycles. The summed E-state index contributed by atoms with van der Waals surface area (Å²) >= 11 is 1.83. The Bertz CT molecular complexity index is 583. The quantitative estimate of drug-likeness (QED) is 0.901. The van der Waals surface area contributed by atoms with Gasteiger partial charge in [-0.3, -0.25) is 4.68 Å². The molecule has 104 valence electrons. The van der Waals surface area contributed by atoms with E-state index in [0.29, 0.717) is 0 Å². The third kappa shape index (κ3) is 2.61. The zero-order valence-electron chi connectivity index (χ0n) is 12.2. The van der Waals surface area contributed by atoms with Crippen molar-refractivity contribution in [1.29, 1.82) is 0 Å². The van der Waals surface area contributed by atoms with Crippen molar-refractivity contribution in [2.75, 3.05) is 11.1 Å². The van der Waals surface area contributed by atoms with E-state index >= 15 is 0 Å². The van der Waals surface area contributed by atoms with Crippen LogP contribution in [0.5, 0.6) is 0 Å². The smallest absolute Gasteiger partial charge is 0.148 e. The second-order valence-corrected chi connectivity index (χ2v) is 6.38. The number of rotatable bonds is 4. The lowest BCUT2D eigenvalue weighted by atomic mass is 10.1. The lowest BCUT2D eigenvalue weighted by Gasteiger charge is -2.16. The maximum atomic E-state index is 6.14. The van der Waals surface area contributed by atoms with Gasteiger partial charge in [0.15, 0.2) is 0 Å². The van der Waals surface area contributed by atoms with Crippen molar-refractivity contribution in [3.05, 3.63) is 27.1 Å². The molecule has 0 fully saturated rings. The first kappa shape index (κ1) is 13.9. The van der Waals surface area contributed by atoms with Gasteiger partial charge < -0.3 is 11.1 Å². The van der Waals surface area contributed by atoms with Gasteiger partial charge in [0, 0.05) is 16.8 Å². The number of nitrogens with two attached hydrogens (primary N) is 1. The summed E-state index contributed by atoms with van der Waals surface area (Å²) in [5.74, 6) is 0.910. The predicted molar refractivity (Wildman–Crippen MR) is 82.8 cm³/mol. The molecule has 5 heteroatoms. The highest BCUT2D eigenvalue weighted by Crippen LogP contribution is 2.31. The molecule has 0 aliphatic rings. The summed E-state index contributed by atoms with van der Waals surface area (Å²) < 4.78 is 1.83. The van der Waals surface area contributed by atoms with E-state index in [-0.39, 0.29) is 6.04 Å². The largest absolute Gasteiger partial charge is 0.394 e. The highest BCUT2D eigenvalue weighted by Gasteiger charge is 2.16. The summed E-state index contributed by atoms with van der Waals surface area (Å²) in [6.07, 6.45) is 0.853. The summed E-state index contributed by atoms with van der Waals surface area (Å²) in [6, 6.07) is 2.47. The van der Waals surface area contributed by atoms with Gasteiger partial charge in [0.25, 0.3) is 0 Å². The molecule has 0 radical (unpaired) electrons. The Morgan fingerprint density at radius 2 is 2.16 bits per heavy atom. The minimum Gasteiger partial charge on any atom is -0.394 e. The standard InChI is InChI=1S/C14H22N4S/c1-6-12-13(15)14(18(5)17-12)16-9(3)11-7-8(2)19-10(11)4/h7,9,16H,6,15H2,1-5H3. The highest BCUT2D eigenvalue weighted by molar-refractivity contribution is 7.12. The van der Waals surface area contributed by atoms with Crippen LogP contribution >= 0.6 is 11.3 Å². The predicted octanol–water partition coefficient (Wildman–Crippen LogP) is 3.42. The van der Waals surface area contributed by atoms with Crippen LogP contribution in [0.15, 0.2) is 6.07 Å². The third-order valence-corrected chi connectivity index (χ3v) is 4.38. The maximum absolute atomic E-state index is 6.14. The zero-order valence-corrected chi connectivity index (χ0v) is 13.1. The lowest BCUT2D eigenvalue weighted by Crippen LogP contribution is -2.11. The van der Waals surface area contributed by atoms with Crippen LogP contribution in [0.25, 0.3) is 0 Å². The average molecular weight is 278 g/mol. The molecule has 1 unspecified atom stereocenters. The molecular formula is C14H22N4S. The van der Waals surface area contributed by atoms with E-state index in [0.717, 1.165) is 23.6 Å². The van der Waals surface area contributed by atoms with E-state index in [1.54, 1.807) is 0 Å². The van der Waals surface area contributed by atoms with Gasteiger partial charge in [0.2, 0.25) is 0 Å². The van der Waals surface area contributed by atoms with Crippen molar-refractivity contribution in [3.8, 4) is 0 Å². The number of nitrogens with one attached hydrogen (secondary N) is 1. The minimum atomic E-state index is 0.229. The maximum Gasteiger partial charge on any atom is 0.148 e. The van der Waals surface area contributed by atoms with Crippen LogP contribution in [-0.2, 0) is 13.5 Å². The van der Waals surface area contributed by atoms with E-state index in [1.807, 2.05) is 23.1 Å². The molecule has 0 saturated heterocycles. The van der Waals surface area contributed by atoms with Crippen LogP contribution in [0.3, 0.4) is 0 Å². The molecule has 2 heterocycles. The zero-order chi connectivity index (χ0) is 14.2. The van der Waals surface area contributed by atoms with E-state index in [1.165, 1.54) is 15.3 Å². The van der Waals surface area contributed by atoms with Crippen molar-refractivity contribution in [1.82, 2.24) is 9.78 Å². The summed E-state index contributed by atoms with van der Waals surface area (Å²) in [4.78, 5) is 2.70. The molecule has 4 nitrogen and oxygen atoms in total. The number of anilines is 2. The molecule has 0 aromatic carbocycles. The van der Waals surface area contributed by atoms with Gasteiger partial charge >= 0.3 is 0 Å². The van der Waals surface area contributed by atoms with Gasteiger partial charge in [-0.2, -0.15) is 5.10 Å². The summed E-state index contributed by atoms with van der Waals surface area (Å²) in [7, 11) is 1.93. The molecule has 0 aliphatic heterocycles. The second-order valence-electron chi connectivity index (χ2n) is 4.92. The molecule has 19 heavy (non-hydrogen) atoms. The van der Waals surface area contributed by atoms with Crippen LogP contribution in [-0.4, -0.2) is 9.78 Å². The third-order valence-electron chi connectivity index (χ3n) is 3.39. The Balaban J connectivity index is 2.26. The van der Waals surface area contributed by atoms with Crippen molar-refractivity contribution < 1.29 is 0 Å². The Morgan fingerprint density at radius 3 is 2.63 bits per heavy atom. The molecule has 0 spiro atoms. The van der Waals surface area contributed by atoms with E-state index in [2.05, 4.69) is 44.2 Å². The summed E-state index contributed by atoms with van der Waals surface area (Å²) in [5.41, 5.74) is 9.19. The molecule has 0 amide bonds. The second kappa shape index (κ2) is 5.25. The first-order valence-corrected chi connectivity index (χ1v) is 7.40. The number of nitrogens with zero attached hydrogens (tertiary/aromatic N) is 2. The van der Waals surface area contributed by atoms with Crippen LogP contribution in [0.2, 0.25) is 0 Å². The van der Waals surface area contributed by atoms with Gasteiger partial charge in [0.1, 0.15) is 5.82 Å². The van der Waals surface area contributed by atoms with Crippen molar-refractivity contribution in [3.63, 3.8) is 0 Å². The molecule has 3 N–H and O–H groups in total. The fourth-order valence-electron chi connectivity index (χ4n) is 2.39. The van der Waals surface area contributed by atoms with Crippen LogP contribution < -0.4 is 11.1 Å². The number of hydrogen-bond donors (Lipinski definition) is 2. The number of thiophene rings is 1. The fraction of sp³-hybridized carbons (Fsp3) is 0.500. The molecular weight excluding hydrogens is 256 g/mol. The topological polar surface area (TPSA) is 55.9 Å². The first-order chi connectivity index (χ1) is 8.93. The first-order valence-electron chi connectivity index (χ1n) is 6.58.